The van der Waals surface area contributed by atoms with E-state index in [9.17, 15) is 0 Å². The zero-order valence-electron chi connectivity index (χ0n) is 8.94. The average molecular weight is 173 g/mol. The maximum absolute atomic E-state index is 5.67. The van der Waals surface area contributed by atoms with Crippen LogP contribution < -0.4 is 17.0 Å². The molecule has 0 spiro atoms. The summed E-state index contributed by atoms with van der Waals surface area (Å²) in [6.07, 6.45) is 0.845. The molecule has 0 saturated heterocycles. The van der Waals surface area contributed by atoms with E-state index in [1.54, 1.807) is 0 Å². The van der Waals surface area contributed by atoms with Gasteiger partial charge in [0.05, 0.1) is 0 Å². The third kappa shape index (κ3) is 5.02. The van der Waals surface area contributed by atoms with Gasteiger partial charge in [0.2, 0.25) is 0 Å². The molecule has 0 bridgehead atoms. The van der Waals surface area contributed by atoms with Gasteiger partial charge in [-0.15, -0.1) is 0 Å². The molecule has 0 saturated carbocycles. The Morgan fingerprint density at radius 3 is 1.83 bits per heavy atom. The summed E-state index contributed by atoms with van der Waals surface area (Å²) in [6.45, 7) is 10.1. The van der Waals surface area contributed by atoms with Crippen molar-refractivity contribution in [2.24, 2.45) is 17.5 Å². The van der Waals surface area contributed by atoms with Gasteiger partial charge in [-0.3, -0.25) is 5.84 Å². The van der Waals surface area contributed by atoms with Crippen LogP contribution in [0.4, 0.5) is 0 Å². The summed E-state index contributed by atoms with van der Waals surface area (Å²) in [5.74, 6) is 5.64. The Kier molecular flexibility index (Phi) is 9.70. The highest BCUT2D eigenvalue weighted by atomic mass is 15.2. The number of rotatable bonds is 3. The molecule has 0 unspecified atom stereocenters. The van der Waals surface area contributed by atoms with E-state index in [-0.39, 0.29) is 0 Å². The van der Waals surface area contributed by atoms with E-state index in [0.29, 0.717) is 5.92 Å². The van der Waals surface area contributed by atoms with Crippen LogP contribution in [0.1, 0.15) is 41.0 Å². The molecule has 0 aromatic rings. The molecular weight excluding hydrogens is 150 g/mol. The third-order valence-electron chi connectivity index (χ3n) is 1.46. The van der Waals surface area contributed by atoms with Crippen molar-refractivity contribution in [1.82, 2.24) is 5.43 Å². The van der Waals surface area contributed by atoms with Gasteiger partial charge in [-0.05, 0) is 12.3 Å². The van der Waals surface area contributed by atoms with Crippen LogP contribution in [-0.4, -0.2) is 0 Å². The quantitative estimate of drug-likeness (QED) is 0.450. The lowest BCUT2D eigenvalue weighted by Crippen LogP contribution is -2.27. The van der Waals surface area contributed by atoms with E-state index >= 15 is 0 Å². The summed E-state index contributed by atoms with van der Waals surface area (Å²) in [5, 5.41) is 0. The molecule has 3 nitrogen and oxygen atoms in total. The average Bonchev–Trinajstić information content (AvgIpc) is 2.08. The molecule has 0 radical (unpaired) electrons. The summed E-state index contributed by atoms with van der Waals surface area (Å²) in [5.41, 5.74) is 10.1. The zero-order valence-corrected chi connectivity index (χ0v) is 8.94. The standard InChI is InChI=1S/C7H17N3.C2H6/c1-4-6(8)7(10-9)5(2)3;1-2/h5,10H,4,8-9H2,1-3H3;1-2H3/b7-6-;. The minimum absolute atomic E-state index is 0.380. The molecule has 0 aliphatic rings. The predicted molar refractivity (Wildman–Crippen MR) is 55.0 cm³/mol. The van der Waals surface area contributed by atoms with Crippen LogP contribution in [0.2, 0.25) is 0 Å². The van der Waals surface area contributed by atoms with Crippen molar-refractivity contribution >= 4 is 0 Å². The number of hydrogen-bond donors (Lipinski definition) is 3. The van der Waals surface area contributed by atoms with Crippen LogP contribution in [0, 0.1) is 5.92 Å². The van der Waals surface area contributed by atoms with Gasteiger partial charge in [0.15, 0.2) is 0 Å². The molecule has 74 valence electrons. The topological polar surface area (TPSA) is 64.1 Å². The fourth-order valence-electron chi connectivity index (χ4n) is 0.821. The first-order valence-electron chi connectivity index (χ1n) is 4.58. The number of nitrogens with one attached hydrogen (secondary N) is 1. The zero-order chi connectivity index (χ0) is 10.1. The van der Waals surface area contributed by atoms with Gasteiger partial charge in [0, 0.05) is 11.4 Å². The van der Waals surface area contributed by atoms with Gasteiger partial charge in [0.25, 0.3) is 0 Å². The highest BCUT2D eigenvalue weighted by Crippen LogP contribution is 2.08. The Morgan fingerprint density at radius 2 is 1.75 bits per heavy atom. The lowest BCUT2D eigenvalue weighted by molar-refractivity contribution is 0.651. The summed E-state index contributed by atoms with van der Waals surface area (Å²) in [4.78, 5) is 0. The monoisotopic (exact) mass is 173 g/mol. The van der Waals surface area contributed by atoms with E-state index in [2.05, 4.69) is 19.3 Å². The van der Waals surface area contributed by atoms with E-state index in [1.165, 1.54) is 0 Å². The van der Waals surface area contributed by atoms with Crippen LogP contribution in [-0.2, 0) is 0 Å². The SMILES string of the molecule is CC.CC/C(N)=C(/NN)C(C)C. The van der Waals surface area contributed by atoms with E-state index in [0.717, 1.165) is 17.8 Å². The van der Waals surface area contributed by atoms with Crippen LogP contribution in [0.3, 0.4) is 0 Å². The lowest BCUT2D eigenvalue weighted by atomic mass is 10.1. The van der Waals surface area contributed by atoms with Crippen LogP contribution in [0.25, 0.3) is 0 Å². The second-order valence-electron chi connectivity index (χ2n) is 2.59. The van der Waals surface area contributed by atoms with Crippen molar-refractivity contribution < 1.29 is 0 Å². The van der Waals surface area contributed by atoms with Gasteiger partial charge in [0.1, 0.15) is 0 Å². The van der Waals surface area contributed by atoms with Crippen molar-refractivity contribution in [3.05, 3.63) is 11.4 Å². The molecular formula is C9H23N3. The van der Waals surface area contributed by atoms with Crippen molar-refractivity contribution in [3.8, 4) is 0 Å². The van der Waals surface area contributed by atoms with Crippen LogP contribution in [0.5, 0.6) is 0 Å². The van der Waals surface area contributed by atoms with Gasteiger partial charge in [-0.1, -0.05) is 34.6 Å². The highest BCUT2D eigenvalue weighted by molar-refractivity contribution is 5.09. The summed E-state index contributed by atoms with van der Waals surface area (Å²) in [7, 11) is 0. The second-order valence-corrected chi connectivity index (χ2v) is 2.59. The first-order valence-corrected chi connectivity index (χ1v) is 4.58. The molecule has 0 amide bonds. The van der Waals surface area contributed by atoms with Crippen molar-refractivity contribution in [3.63, 3.8) is 0 Å². The largest absolute Gasteiger partial charge is 0.401 e. The van der Waals surface area contributed by atoms with Crippen molar-refractivity contribution in [2.75, 3.05) is 0 Å². The van der Waals surface area contributed by atoms with E-state index < -0.39 is 0 Å². The van der Waals surface area contributed by atoms with Gasteiger partial charge in [-0.25, -0.2) is 0 Å². The van der Waals surface area contributed by atoms with Gasteiger partial charge < -0.3 is 11.2 Å². The molecule has 0 aliphatic carbocycles. The third-order valence-corrected chi connectivity index (χ3v) is 1.46. The Bertz CT molecular complexity index is 128. The van der Waals surface area contributed by atoms with E-state index in [4.69, 9.17) is 11.6 Å². The van der Waals surface area contributed by atoms with Gasteiger partial charge in [-0.2, -0.15) is 0 Å². The summed E-state index contributed by atoms with van der Waals surface area (Å²) >= 11 is 0. The van der Waals surface area contributed by atoms with Crippen molar-refractivity contribution in [2.45, 2.75) is 41.0 Å². The molecule has 0 aromatic heterocycles. The molecule has 12 heavy (non-hydrogen) atoms. The molecule has 0 aromatic carbocycles. The van der Waals surface area contributed by atoms with Gasteiger partial charge >= 0.3 is 0 Å². The Balaban J connectivity index is 0. The van der Waals surface area contributed by atoms with Crippen molar-refractivity contribution in [1.29, 1.82) is 0 Å². The Hall–Kier alpha value is -0.700. The molecule has 0 heterocycles. The number of allylic oxidation sites excluding steroid dienone is 2. The molecule has 0 aliphatic heterocycles. The Labute approximate surface area is 76.2 Å². The molecule has 3 heteroatoms. The van der Waals surface area contributed by atoms with Crippen LogP contribution >= 0.6 is 0 Å². The number of hydrazine groups is 1. The summed E-state index contributed by atoms with van der Waals surface area (Å²) in [6, 6.07) is 0. The minimum atomic E-state index is 0.380. The first kappa shape index (κ1) is 13.9. The smallest absolute Gasteiger partial charge is 0.0471 e. The molecule has 5 N–H and O–H groups in total. The molecule has 0 fully saturated rings. The Morgan fingerprint density at radius 1 is 1.33 bits per heavy atom. The number of nitrogens with two attached hydrogens (primary N) is 2. The molecule has 0 atom stereocenters. The lowest BCUT2D eigenvalue weighted by Gasteiger charge is -2.13. The maximum Gasteiger partial charge on any atom is 0.0471 e. The van der Waals surface area contributed by atoms with E-state index in [1.807, 2.05) is 20.8 Å². The fraction of sp³-hybridized carbons (Fsp3) is 0.778. The summed E-state index contributed by atoms with van der Waals surface area (Å²) < 4.78 is 0. The maximum atomic E-state index is 5.67. The fourth-order valence-corrected chi connectivity index (χ4v) is 0.821. The van der Waals surface area contributed by atoms with Crippen LogP contribution in [0.15, 0.2) is 11.4 Å². The first-order chi connectivity index (χ1) is 5.63. The second kappa shape index (κ2) is 8.40. The number of hydrogen-bond acceptors (Lipinski definition) is 3. The minimum Gasteiger partial charge on any atom is -0.401 e. The molecule has 0 rings (SSSR count). The predicted octanol–water partition coefficient (Wildman–Crippen LogP) is 1.71. The normalized spacial score (nSPS) is 11.6. The highest BCUT2D eigenvalue weighted by Gasteiger charge is 2.03.